The largest absolute Gasteiger partial charge is 0.356 e. The van der Waals surface area contributed by atoms with E-state index in [0.717, 1.165) is 57.3 Å². The first kappa shape index (κ1) is 20.6. The molecule has 1 saturated carbocycles. The van der Waals surface area contributed by atoms with Crippen molar-refractivity contribution in [3.63, 3.8) is 0 Å². The molecule has 2 aromatic carbocycles. The minimum Gasteiger partial charge on any atom is -0.356 e. The predicted molar refractivity (Wildman–Crippen MR) is 119 cm³/mol. The van der Waals surface area contributed by atoms with Crippen LogP contribution < -0.4 is 5.32 Å². The van der Waals surface area contributed by atoms with Gasteiger partial charge in [-0.3, -0.25) is 9.59 Å². The van der Waals surface area contributed by atoms with E-state index < -0.39 is 0 Å². The molecule has 1 N–H and O–H groups in total. The molecule has 1 saturated heterocycles. The van der Waals surface area contributed by atoms with Crippen molar-refractivity contribution in [2.75, 3.05) is 19.6 Å². The van der Waals surface area contributed by atoms with Gasteiger partial charge in [0.2, 0.25) is 11.8 Å². The number of nitrogens with one attached hydrogen (secondary N) is 1. The van der Waals surface area contributed by atoms with E-state index in [-0.39, 0.29) is 23.1 Å². The van der Waals surface area contributed by atoms with Crippen molar-refractivity contribution in [1.82, 2.24) is 10.2 Å². The molecule has 2 aromatic rings. The highest BCUT2D eigenvalue weighted by molar-refractivity contribution is 5.83. The molecule has 1 aliphatic heterocycles. The van der Waals surface area contributed by atoms with Crippen molar-refractivity contribution < 1.29 is 9.59 Å². The number of aryl methyl sites for hydroxylation is 2. The van der Waals surface area contributed by atoms with Crippen molar-refractivity contribution in [1.29, 1.82) is 0 Å². The van der Waals surface area contributed by atoms with Crippen molar-refractivity contribution >= 4 is 11.8 Å². The van der Waals surface area contributed by atoms with Crippen LogP contribution in [0.4, 0.5) is 0 Å². The molecule has 1 heterocycles. The molecule has 1 aliphatic carbocycles. The van der Waals surface area contributed by atoms with E-state index in [2.05, 4.69) is 42.6 Å². The molecule has 158 valence electrons. The van der Waals surface area contributed by atoms with Crippen molar-refractivity contribution in [2.45, 2.75) is 45.4 Å². The van der Waals surface area contributed by atoms with Gasteiger partial charge < -0.3 is 10.2 Å². The normalized spacial score (nSPS) is 19.5. The van der Waals surface area contributed by atoms with Crippen LogP contribution >= 0.6 is 0 Å². The molecule has 1 spiro atoms. The Morgan fingerprint density at radius 2 is 1.73 bits per heavy atom. The first-order valence-electron chi connectivity index (χ1n) is 11.2. The van der Waals surface area contributed by atoms with Crippen LogP contribution in [0.5, 0.6) is 0 Å². The lowest BCUT2D eigenvalue weighted by Gasteiger charge is -2.33. The second-order valence-electron chi connectivity index (χ2n) is 8.98. The zero-order valence-corrected chi connectivity index (χ0v) is 17.9. The number of piperidine rings is 1. The van der Waals surface area contributed by atoms with Gasteiger partial charge in [-0.05, 0) is 61.1 Å². The van der Waals surface area contributed by atoms with Crippen LogP contribution in [0, 0.1) is 18.3 Å². The first-order valence-corrected chi connectivity index (χ1v) is 11.2. The van der Waals surface area contributed by atoms with Gasteiger partial charge in [-0.1, -0.05) is 54.6 Å². The van der Waals surface area contributed by atoms with Crippen LogP contribution in [0.2, 0.25) is 0 Å². The van der Waals surface area contributed by atoms with Crippen molar-refractivity contribution in [3.05, 3.63) is 71.3 Å². The zero-order valence-electron chi connectivity index (χ0n) is 17.9. The van der Waals surface area contributed by atoms with Crippen LogP contribution in [0.15, 0.2) is 54.6 Å². The Bertz CT molecular complexity index is 885. The Labute approximate surface area is 179 Å². The standard InChI is InChI=1S/C26H32N2O2/c1-20-8-5-6-12-22(20)18-24(29)28-16-13-26(14-17-28)19-23(26)25(30)27-15-7-11-21-9-3-2-4-10-21/h2-6,8-10,12,23H,7,11,13-19H2,1H3,(H,27,30)/t23-/m0/s1. The number of hydrogen-bond acceptors (Lipinski definition) is 2. The van der Waals surface area contributed by atoms with Crippen LogP contribution in [0.3, 0.4) is 0 Å². The molecule has 2 amide bonds. The highest BCUT2D eigenvalue weighted by Crippen LogP contribution is 2.59. The highest BCUT2D eigenvalue weighted by Gasteiger charge is 2.58. The third kappa shape index (κ3) is 4.75. The van der Waals surface area contributed by atoms with E-state index >= 15 is 0 Å². The Morgan fingerprint density at radius 1 is 1.03 bits per heavy atom. The molecule has 2 fully saturated rings. The lowest BCUT2D eigenvalue weighted by molar-refractivity contribution is -0.132. The Balaban J connectivity index is 1.18. The number of carbonyl (C=O) groups is 2. The maximum absolute atomic E-state index is 12.7. The molecular weight excluding hydrogens is 372 g/mol. The van der Waals surface area contributed by atoms with Gasteiger partial charge in [0.1, 0.15) is 0 Å². The lowest BCUT2D eigenvalue weighted by Crippen LogP contribution is -2.41. The van der Waals surface area contributed by atoms with Crippen LogP contribution in [-0.2, 0) is 22.4 Å². The SMILES string of the molecule is Cc1ccccc1CC(=O)N1CCC2(CC1)C[C@H]2C(=O)NCCCc1ccccc1. The third-order valence-electron chi connectivity index (χ3n) is 7.01. The molecule has 1 atom stereocenters. The summed E-state index contributed by atoms with van der Waals surface area (Å²) in [6.07, 6.45) is 5.33. The van der Waals surface area contributed by atoms with Crippen LogP contribution in [0.25, 0.3) is 0 Å². The molecule has 0 bridgehead atoms. The summed E-state index contributed by atoms with van der Waals surface area (Å²) in [7, 11) is 0. The number of amides is 2. The number of rotatable bonds is 7. The first-order chi connectivity index (χ1) is 14.6. The van der Waals surface area contributed by atoms with Gasteiger partial charge in [-0.25, -0.2) is 0 Å². The number of hydrogen-bond donors (Lipinski definition) is 1. The molecule has 4 heteroatoms. The maximum atomic E-state index is 12.7. The van der Waals surface area contributed by atoms with E-state index in [1.165, 1.54) is 11.1 Å². The fraction of sp³-hybridized carbons (Fsp3) is 0.462. The third-order valence-corrected chi connectivity index (χ3v) is 7.01. The molecule has 0 unspecified atom stereocenters. The quantitative estimate of drug-likeness (QED) is 0.711. The van der Waals surface area contributed by atoms with Gasteiger partial charge in [-0.15, -0.1) is 0 Å². The van der Waals surface area contributed by atoms with E-state index in [9.17, 15) is 9.59 Å². The number of nitrogens with zero attached hydrogens (tertiary/aromatic N) is 1. The van der Waals surface area contributed by atoms with Crippen molar-refractivity contribution in [3.8, 4) is 0 Å². The van der Waals surface area contributed by atoms with E-state index in [1.54, 1.807) is 0 Å². The number of benzene rings is 2. The predicted octanol–water partition coefficient (Wildman–Crippen LogP) is 3.92. The summed E-state index contributed by atoms with van der Waals surface area (Å²) in [5.41, 5.74) is 3.74. The molecular formula is C26H32N2O2. The summed E-state index contributed by atoms with van der Waals surface area (Å²) in [5, 5.41) is 3.14. The molecule has 0 radical (unpaired) electrons. The van der Waals surface area contributed by atoms with Crippen molar-refractivity contribution in [2.24, 2.45) is 11.3 Å². The Kier molecular flexibility index (Phi) is 6.21. The van der Waals surface area contributed by atoms with Crippen LogP contribution in [-0.4, -0.2) is 36.3 Å². The fourth-order valence-electron chi connectivity index (χ4n) is 4.83. The molecule has 4 rings (SSSR count). The number of carbonyl (C=O) groups excluding carboxylic acids is 2. The van der Waals surface area contributed by atoms with Gasteiger partial charge in [0.15, 0.2) is 0 Å². The van der Waals surface area contributed by atoms with Gasteiger partial charge >= 0.3 is 0 Å². The summed E-state index contributed by atoms with van der Waals surface area (Å²) >= 11 is 0. The maximum Gasteiger partial charge on any atom is 0.226 e. The Morgan fingerprint density at radius 3 is 2.47 bits per heavy atom. The van der Waals surface area contributed by atoms with E-state index in [1.807, 2.05) is 29.2 Å². The average molecular weight is 405 g/mol. The summed E-state index contributed by atoms with van der Waals surface area (Å²) in [6.45, 7) is 4.35. The number of likely N-dealkylation sites (tertiary alicyclic amines) is 1. The Hall–Kier alpha value is -2.62. The molecule has 0 aromatic heterocycles. The molecule has 30 heavy (non-hydrogen) atoms. The smallest absolute Gasteiger partial charge is 0.226 e. The minimum atomic E-state index is 0.142. The summed E-state index contributed by atoms with van der Waals surface area (Å²) in [5.74, 6) is 0.562. The molecule has 2 aliphatic rings. The minimum absolute atomic E-state index is 0.142. The highest BCUT2D eigenvalue weighted by atomic mass is 16.2. The van der Waals surface area contributed by atoms with Gasteiger partial charge in [0, 0.05) is 25.6 Å². The topological polar surface area (TPSA) is 49.4 Å². The van der Waals surface area contributed by atoms with E-state index in [0.29, 0.717) is 6.42 Å². The zero-order chi connectivity index (χ0) is 21.0. The summed E-state index contributed by atoms with van der Waals surface area (Å²) in [4.78, 5) is 27.3. The monoisotopic (exact) mass is 404 g/mol. The summed E-state index contributed by atoms with van der Waals surface area (Å²) in [6, 6.07) is 18.5. The second-order valence-corrected chi connectivity index (χ2v) is 8.98. The van der Waals surface area contributed by atoms with Gasteiger partial charge in [-0.2, -0.15) is 0 Å². The second kappa shape index (κ2) is 9.03. The van der Waals surface area contributed by atoms with Gasteiger partial charge in [0.25, 0.3) is 0 Å². The molecule has 4 nitrogen and oxygen atoms in total. The van der Waals surface area contributed by atoms with Gasteiger partial charge in [0.05, 0.1) is 6.42 Å². The van der Waals surface area contributed by atoms with Crippen LogP contribution in [0.1, 0.15) is 42.4 Å². The lowest BCUT2D eigenvalue weighted by atomic mass is 9.90. The average Bonchev–Trinajstić information content (AvgIpc) is 3.47. The summed E-state index contributed by atoms with van der Waals surface area (Å²) < 4.78 is 0. The van der Waals surface area contributed by atoms with E-state index in [4.69, 9.17) is 0 Å². The fourth-order valence-corrected chi connectivity index (χ4v) is 4.83.